The lowest BCUT2D eigenvalue weighted by atomic mass is 9.91. The Bertz CT molecular complexity index is 761. The van der Waals surface area contributed by atoms with Crippen LogP contribution in [0, 0.1) is 0 Å². The van der Waals surface area contributed by atoms with Crippen LogP contribution in [0.25, 0.3) is 0 Å². The molecule has 3 nitrogen and oxygen atoms in total. The summed E-state index contributed by atoms with van der Waals surface area (Å²) < 4.78 is 47.3. The molecule has 0 amide bonds. The van der Waals surface area contributed by atoms with Crippen molar-refractivity contribution in [1.29, 1.82) is 0 Å². The summed E-state index contributed by atoms with van der Waals surface area (Å²) in [6.07, 6.45) is -4.41. The summed E-state index contributed by atoms with van der Waals surface area (Å²) in [5.74, 6) is 0.578. The Morgan fingerprint density at radius 2 is 1.77 bits per heavy atom. The second kappa shape index (κ2) is 7.98. The molecule has 0 aliphatic carbocycles. The number of rotatable bonds is 4. The number of nitrogens with one attached hydrogen (secondary N) is 1. The standard InChI is InChI=1S/C19H20BrF3N2O/c1-26-17-7-6-13(20)12-15(17)18(25-10-8-24-9-11-25)14-4-2-3-5-16(14)19(21,22)23/h2-7,12,18,24H,8-11H2,1H3. The Morgan fingerprint density at radius 1 is 1.08 bits per heavy atom. The maximum absolute atomic E-state index is 13.7. The first-order valence-electron chi connectivity index (χ1n) is 8.36. The predicted molar refractivity (Wildman–Crippen MR) is 98.4 cm³/mol. The van der Waals surface area contributed by atoms with Crippen LogP contribution >= 0.6 is 15.9 Å². The molecule has 1 fully saturated rings. The van der Waals surface area contributed by atoms with E-state index in [-0.39, 0.29) is 5.56 Å². The normalized spacial score (nSPS) is 17.1. The van der Waals surface area contributed by atoms with E-state index in [4.69, 9.17) is 4.74 Å². The van der Waals surface area contributed by atoms with Crippen LogP contribution in [0.1, 0.15) is 22.7 Å². The van der Waals surface area contributed by atoms with Gasteiger partial charge in [-0.1, -0.05) is 34.1 Å². The predicted octanol–water partition coefficient (Wildman–Crippen LogP) is 4.47. The number of hydrogen-bond donors (Lipinski definition) is 1. The van der Waals surface area contributed by atoms with Crippen molar-refractivity contribution in [2.45, 2.75) is 12.2 Å². The van der Waals surface area contributed by atoms with Crippen molar-refractivity contribution in [2.24, 2.45) is 0 Å². The number of methoxy groups -OCH3 is 1. The van der Waals surface area contributed by atoms with Crippen LogP contribution in [0.5, 0.6) is 5.75 Å². The molecule has 1 aliphatic rings. The molecule has 7 heteroatoms. The number of benzene rings is 2. The second-order valence-electron chi connectivity index (χ2n) is 6.16. The molecule has 3 rings (SSSR count). The minimum Gasteiger partial charge on any atom is -0.496 e. The molecule has 0 bridgehead atoms. The Balaban J connectivity index is 2.19. The van der Waals surface area contributed by atoms with Gasteiger partial charge in [0.2, 0.25) is 0 Å². The van der Waals surface area contributed by atoms with Crippen LogP contribution in [-0.4, -0.2) is 38.2 Å². The lowest BCUT2D eigenvalue weighted by Crippen LogP contribution is -2.45. The quantitative estimate of drug-likeness (QED) is 0.777. The first kappa shape index (κ1) is 19.2. The van der Waals surface area contributed by atoms with Gasteiger partial charge in [0.15, 0.2) is 0 Å². The summed E-state index contributed by atoms with van der Waals surface area (Å²) in [7, 11) is 1.54. The van der Waals surface area contributed by atoms with Gasteiger partial charge in [0.1, 0.15) is 5.75 Å². The fourth-order valence-electron chi connectivity index (χ4n) is 3.41. The molecule has 1 aliphatic heterocycles. The first-order chi connectivity index (χ1) is 12.4. The van der Waals surface area contributed by atoms with E-state index in [2.05, 4.69) is 26.1 Å². The molecule has 0 radical (unpaired) electrons. The first-order valence-corrected chi connectivity index (χ1v) is 9.15. The van der Waals surface area contributed by atoms with Gasteiger partial charge < -0.3 is 10.1 Å². The third-order valence-electron chi connectivity index (χ3n) is 4.56. The molecule has 1 heterocycles. The van der Waals surface area contributed by atoms with Gasteiger partial charge >= 0.3 is 6.18 Å². The molecular formula is C19H20BrF3N2O. The number of nitrogens with zero attached hydrogens (tertiary/aromatic N) is 1. The van der Waals surface area contributed by atoms with Crippen molar-refractivity contribution < 1.29 is 17.9 Å². The highest BCUT2D eigenvalue weighted by Gasteiger charge is 2.37. The van der Waals surface area contributed by atoms with E-state index in [0.29, 0.717) is 18.8 Å². The van der Waals surface area contributed by atoms with E-state index in [1.807, 2.05) is 12.1 Å². The van der Waals surface area contributed by atoms with Crippen molar-refractivity contribution >= 4 is 15.9 Å². The number of hydrogen-bond acceptors (Lipinski definition) is 3. The van der Waals surface area contributed by atoms with Crippen LogP contribution in [0.15, 0.2) is 46.9 Å². The lowest BCUT2D eigenvalue weighted by molar-refractivity contribution is -0.138. The maximum atomic E-state index is 13.7. The van der Waals surface area contributed by atoms with Crippen LogP contribution in [-0.2, 0) is 6.18 Å². The van der Waals surface area contributed by atoms with Gasteiger partial charge in [-0.3, -0.25) is 4.90 Å². The van der Waals surface area contributed by atoms with Crippen LogP contribution in [0.2, 0.25) is 0 Å². The van der Waals surface area contributed by atoms with Crippen molar-refractivity contribution in [3.05, 3.63) is 63.6 Å². The van der Waals surface area contributed by atoms with E-state index in [1.165, 1.54) is 13.2 Å². The molecule has 1 atom stereocenters. The summed E-state index contributed by atoms with van der Waals surface area (Å²) in [6.45, 7) is 2.79. The second-order valence-corrected chi connectivity index (χ2v) is 7.08. The van der Waals surface area contributed by atoms with E-state index in [1.54, 1.807) is 18.2 Å². The third-order valence-corrected chi connectivity index (χ3v) is 5.06. The molecule has 0 aromatic heterocycles. The minimum atomic E-state index is -4.41. The average molecular weight is 429 g/mol. The highest BCUT2D eigenvalue weighted by Crippen LogP contribution is 2.42. The van der Waals surface area contributed by atoms with Gasteiger partial charge in [0, 0.05) is 36.2 Å². The zero-order valence-corrected chi connectivity index (χ0v) is 15.9. The summed E-state index contributed by atoms with van der Waals surface area (Å²) in [4.78, 5) is 2.07. The Labute approximate surface area is 159 Å². The van der Waals surface area contributed by atoms with Crippen molar-refractivity contribution in [1.82, 2.24) is 10.2 Å². The summed E-state index contributed by atoms with van der Waals surface area (Å²) in [5.41, 5.74) is 0.365. The number of piperazine rings is 1. The molecule has 1 saturated heterocycles. The highest BCUT2D eigenvalue weighted by molar-refractivity contribution is 9.10. The van der Waals surface area contributed by atoms with Gasteiger partial charge in [-0.2, -0.15) is 13.2 Å². The van der Waals surface area contributed by atoms with Gasteiger partial charge in [-0.25, -0.2) is 0 Å². The smallest absolute Gasteiger partial charge is 0.416 e. The molecule has 2 aromatic rings. The van der Waals surface area contributed by atoms with Gasteiger partial charge in [-0.05, 0) is 29.8 Å². The summed E-state index contributed by atoms with van der Waals surface area (Å²) in [5, 5.41) is 3.25. The molecule has 2 aromatic carbocycles. The van der Waals surface area contributed by atoms with Crippen LogP contribution in [0.3, 0.4) is 0 Å². The van der Waals surface area contributed by atoms with E-state index >= 15 is 0 Å². The van der Waals surface area contributed by atoms with Gasteiger partial charge in [0.25, 0.3) is 0 Å². The Hall–Kier alpha value is -1.57. The zero-order valence-electron chi connectivity index (χ0n) is 14.3. The molecule has 26 heavy (non-hydrogen) atoms. The maximum Gasteiger partial charge on any atom is 0.416 e. The molecule has 140 valence electrons. The van der Waals surface area contributed by atoms with Crippen molar-refractivity contribution in [3.63, 3.8) is 0 Å². The van der Waals surface area contributed by atoms with E-state index in [9.17, 15) is 13.2 Å². The average Bonchev–Trinajstić information content (AvgIpc) is 2.63. The summed E-state index contributed by atoms with van der Waals surface area (Å²) >= 11 is 3.44. The molecular weight excluding hydrogens is 409 g/mol. The SMILES string of the molecule is COc1ccc(Br)cc1C(c1ccccc1C(F)(F)F)N1CCNCC1. The fraction of sp³-hybridized carbons (Fsp3) is 0.368. The minimum absolute atomic E-state index is 0.248. The van der Waals surface area contributed by atoms with Crippen molar-refractivity contribution in [3.8, 4) is 5.75 Å². The Morgan fingerprint density at radius 3 is 2.42 bits per heavy atom. The van der Waals surface area contributed by atoms with Crippen LogP contribution in [0.4, 0.5) is 13.2 Å². The van der Waals surface area contributed by atoms with Gasteiger partial charge in [-0.15, -0.1) is 0 Å². The summed E-state index contributed by atoms with van der Waals surface area (Å²) in [6, 6.07) is 10.7. The fourth-order valence-corrected chi connectivity index (χ4v) is 3.79. The van der Waals surface area contributed by atoms with E-state index in [0.717, 1.165) is 29.2 Å². The zero-order chi connectivity index (χ0) is 18.7. The molecule has 0 saturated carbocycles. The third kappa shape index (κ3) is 4.05. The van der Waals surface area contributed by atoms with Crippen molar-refractivity contribution in [2.75, 3.05) is 33.3 Å². The monoisotopic (exact) mass is 428 g/mol. The number of alkyl halides is 3. The molecule has 1 N–H and O–H groups in total. The lowest BCUT2D eigenvalue weighted by Gasteiger charge is -2.37. The van der Waals surface area contributed by atoms with E-state index < -0.39 is 17.8 Å². The molecule has 1 unspecified atom stereocenters. The highest BCUT2D eigenvalue weighted by atomic mass is 79.9. The number of ether oxygens (including phenoxy) is 1. The van der Waals surface area contributed by atoms with Gasteiger partial charge in [0.05, 0.1) is 18.7 Å². The number of halogens is 4. The Kier molecular flexibility index (Phi) is 5.89. The largest absolute Gasteiger partial charge is 0.496 e. The topological polar surface area (TPSA) is 24.5 Å². The molecule has 0 spiro atoms. The van der Waals surface area contributed by atoms with Crippen LogP contribution < -0.4 is 10.1 Å².